The third-order valence-electron chi connectivity index (χ3n) is 5.92. The molecule has 1 saturated heterocycles. The molecule has 1 fully saturated rings. The van der Waals surface area contributed by atoms with Gasteiger partial charge in [-0.15, -0.1) is 0 Å². The molecule has 0 radical (unpaired) electrons. The molecule has 2 unspecified atom stereocenters. The number of hydrogen-bond donors (Lipinski definition) is 2. The van der Waals surface area contributed by atoms with E-state index >= 15 is 0 Å². The van der Waals surface area contributed by atoms with Crippen molar-refractivity contribution in [3.05, 3.63) is 31.0 Å². The molecule has 160 valence electrons. The standard InChI is InChI=1S/C21H31N9/c1-15-6-9-30(19-11-18(24-13-25-19)22-8-10-28(2)3)12-17(15)29(4)21-16-5-7-23-20(16)26-14-27-21/h5,7,11,13-15,17H,6,8-10,12H2,1-4H3,(H,22,24,25)(H,23,26,27). The Balaban J connectivity index is 1.50. The van der Waals surface area contributed by atoms with Gasteiger partial charge in [0, 0.05) is 45.5 Å². The van der Waals surface area contributed by atoms with Gasteiger partial charge in [0.05, 0.1) is 11.4 Å². The summed E-state index contributed by atoms with van der Waals surface area (Å²) in [4.78, 5) is 27.8. The van der Waals surface area contributed by atoms with Gasteiger partial charge in [-0.1, -0.05) is 6.92 Å². The zero-order valence-corrected chi connectivity index (χ0v) is 18.2. The molecule has 1 aliphatic rings. The van der Waals surface area contributed by atoms with Crippen molar-refractivity contribution < 1.29 is 0 Å². The summed E-state index contributed by atoms with van der Waals surface area (Å²) >= 11 is 0. The first-order chi connectivity index (χ1) is 14.5. The first-order valence-electron chi connectivity index (χ1n) is 10.5. The van der Waals surface area contributed by atoms with Gasteiger partial charge >= 0.3 is 0 Å². The summed E-state index contributed by atoms with van der Waals surface area (Å²) in [6.07, 6.45) is 6.30. The Labute approximate surface area is 177 Å². The molecule has 9 heteroatoms. The van der Waals surface area contributed by atoms with E-state index in [2.05, 4.69) is 79.1 Å². The van der Waals surface area contributed by atoms with E-state index in [4.69, 9.17) is 0 Å². The number of likely N-dealkylation sites (N-methyl/N-ethyl adjacent to an activating group) is 2. The van der Waals surface area contributed by atoms with Crippen LogP contribution < -0.4 is 15.1 Å². The van der Waals surface area contributed by atoms with E-state index in [0.717, 1.165) is 61.1 Å². The summed E-state index contributed by atoms with van der Waals surface area (Å²) in [7, 11) is 6.27. The van der Waals surface area contributed by atoms with Crippen molar-refractivity contribution in [2.45, 2.75) is 19.4 Å². The topological polar surface area (TPSA) is 89.1 Å². The lowest BCUT2D eigenvalue weighted by Gasteiger charge is -2.42. The van der Waals surface area contributed by atoms with Gasteiger partial charge in [0.1, 0.15) is 35.8 Å². The largest absolute Gasteiger partial charge is 0.369 e. The molecule has 3 aromatic heterocycles. The molecule has 2 atom stereocenters. The average molecular weight is 410 g/mol. The maximum absolute atomic E-state index is 4.59. The van der Waals surface area contributed by atoms with Gasteiger partial charge < -0.3 is 25.0 Å². The third kappa shape index (κ3) is 4.30. The van der Waals surface area contributed by atoms with Crippen molar-refractivity contribution in [3.63, 3.8) is 0 Å². The molecule has 2 N–H and O–H groups in total. The van der Waals surface area contributed by atoms with Crippen LogP contribution in [-0.2, 0) is 0 Å². The minimum atomic E-state index is 0.326. The van der Waals surface area contributed by atoms with Crippen LogP contribution in [0.25, 0.3) is 11.0 Å². The van der Waals surface area contributed by atoms with Crippen LogP contribution in [0.2, 0.25) is 0 Å². The highest BCUT2D eigenvalue weighted by Crippen LogP contribution is 2.30. The Morgan fingerprint density at radius 2 is 2.00 bits per heavy atom. The fraction of sp³-hybridized carbons (Fsp3) is 0.524. The molecule has 0 spiro atoms. The molecule has 4 rings (SSSR count). The Morgan fingerprint density at radius 1 is 1.17 bits per heavy atom. The van der Waals surface area contributed by atoms with Crippen molar-refractivity contribution >= 4 is 28.5 Å². The number of aromatic amines is 1. The second-order valence-electron chi connectivity index (χ2n) is 8.32. The number of anilines is 3. The summed E-state index contributed by atoms with van der Waals surface area (Å²) in [6, 6.07) is 4.42. The molecule has 0 amide bonds. The van der Waals surface area contributed by atoms with E-state index in [-0.39, 0.29) is 0 Å². The van der Waals surface area contributed by atoms with Crippen molar-refractivity contribution in [2.24, 2.45) is 5.92 Å². The number of H-pyrrole nitrogens is 1. The van der Waals surface area contributed by atoms with Crippen LogP contribution in [-0.4, -0.2) is 83.2 Å². The minimum Gasteiger partial charge on any atom is -0.369 e. The summed E-state index contributed by atoms with van der Waals surface area (Å²) in [6.45, 7) is 6.01. The molecule has 0 bridgehead atoms. The van der Waals surface area contributed by atoms with Crippen molar-refractivity contribution in [1.82, 2.24) is 29.8 Å². The maximum atomic E-state index is 4.59. The Morgan fingerprint density at radius 3 is 2.83 bits per heavy atom. The van der Waals surface area contributed by atoms with Crippen LogP contribution in [0, 0.1) is 5.92 Å². The van der Waals surface area contributed by atoms with E-state index < -0.39 is 0 Å². The van der Waals surface area contributed by atoms with E-state index in [0.29, 0.717) is 12.0 Å². The highest BCUT2D eigenvalue weighted by molar-refractivity contribution is 5.87. The molecule has 0 aromatic carbocycles. The highest BCUT2D eigenvalue weighted by atomic mass is 15.3. The number of rotatable bonds is 7. The molecule has 0 saturated carbocycles. The number of piperidine rings is 1. The van der Waals surface area contributed by atoms with Gasteiger partial charge in [0.2, 0.25) is 0 Å². The minimum absolute atomic E-state index is 0.326. The quantitative estimate of drug-likeness (QED) is 0.613. The van der Waals surface area contributed by atoms with E-state index in [9.17, 15) is 0 Å². The van der Waals surface area contributed by atoms with Gasteiger partial charge in [-0.2, -0.15) is 0 Å². The summed E-state index contributed by atoms with van der Waals surface area (Å²) < 4.78 is 0. The fourth-order valence-corrected chi connectivity index (χ4v) is 4.08. The van der Waals surface area contributed by atoms with Gasteiger partial charge in [-0.3, -0.25) is 0 Å². The van der Waals surface area contributed by atoms with E-state index in [1.807, 2.05) is 12.3 Å². The maximum Gasteiger partial charge on any atom is 0.142 e. The van der Waals surface area contributed by atoms with E-state index in [1.165, 1.54) is 0 Å². The van der Waals surface area contributed by atoms with E-state index in [1.54, 1.807) is 12.7 Å². The first-order valence-corrected chi connectivity index (χ1v) is 10.5. The lowest BCUT2D eigenvalue weighted by Crippen LogP contribution is -2.51. The molecular formula is C21H31N9. The smallest absolute Gasteiger partial charge is 0.142 e. The molecule has 0 aliphatic carbocycles. The SMILES string of the molecule is CC1CCN(c2cc(NCCN(C)C)ncn2)CC1N(C)c1ncnc2[nH]ccc12. The number of aromatic nitrogens is 5. The number of nitrogens with one attached hydrogen (secondary N) is 2. The van der Waals surface area contributed by atoms with Crippen LogP contribution in [0.4, 0.5) is 17.5 Å². The Kier molecular flexibility index (Phi) is 5.98. The zero-order chi connectivity index (χ0) is 21.1. The molecule has 4 heterocycles. The molecule has 30 heavy (non-hydrogen) atoms. The van der Waals surface area contributed by atoms with Gasteiger partial charge in [0.25, 0.3) is 0 Å². The zero-order valence-electron chi connectivity index (χ0n) is 18.2. The molecular weight excluding hydrogens is 378 g/mol. The Hall–Kier alpha value is -2.94. The average Bonchev–Trinajstić information content (AvgIpc) is 3.22. The summed E-state index contributed by atoms with van der Waals surface area (Å²) in [5.41, 5.74) is 0.872. The molecule has 1 aliphatic heterocycles. The van der Waals surface area contributed by atoms with Gasteiger partial charge in [-0.25, -0.2) is 19.9 Å². The van der Waals surface area contributed by atoms with Crippen molar-refractivity contribution in [2.75, 3.05) is 62.4 Å². The number of hydrogen-bond acceptors (Lipinski definition) is 8. The molecule has 3 aromatic rings. The Bertz CT molecular complexity index is 970. The highest BCUT2D eigenvalue weighted by Gasteiger charge is 2.31. The lowest BCUT2D eigenvalue weighted by atomic mass is 9.92. The number of fused-ring (bicyclic) bond motifs is 1. The second kappa shape index (κ2) is 8.83. The van der Waals surface area contributed by atoms with Crippen LogP contribution in [0.3, 0.4) is 0 Å². The van der Waals surface area contributed by atoms with Crippen LogP contribution in [0.5, 0.6) is 0 Å². The van der Waals surface area contributed by atoms with Gasteiger partial charge in [-0.05, 0) is 32.5 Å². The van der Waals surface area contributed by atoms with Gasteiger partial charge in [0.15, 0.2) is 0 Å². The third-order valence-corrected chi connectivity index (χ3v) is 5.92. The second-order valence-corrected chi connectivity index (χ2v) is 8.32. The van der Waals surface area contributed by atoms with Crippen molar-refractivity contribution in [3.8, 4) is 0 Å². The van der Waals surface area contributed by atoms with Crippen LogP contribution in [0.1, 0.15) is 13.3 Å². The predicted molar refractivity (Wildman–Crippen MR) is 121 cm³/mol. The van der Waals surface area contributed by atoms with Crippen LogP contribution >= 0.6 is 0 Å². The monoisotopic (exact) mass is 409 g/mol. The summed E-state index contributed by atoms with van der Waals surface area (Å²) in [5.74, 6) is 3.36. The summed E-state index contributed by atoms with van der Waals surface area (Å²) in [5, 5.41) is 4.45. The number of nitrogens with zero attached hydrogens (tertiary/aromatic N) is 7. The normalized spacial score (nSPS) is 19.4. The predicted octanol–water partition coefficient (Wildman–Crippen LogP) is 2.07. The fourth-order valence-electron chi connectivity index (χ4n) is 4.08. The first kappa shape index (κ1) is 20.3. The van der Waals surface area contributed by atoms with Crippen LogP contribution in [0.15, 0.2) is 31.0 Å². The molecule has 9 nitrogen and oxygen atoms in total. The van der Waals surface area contributed by atoms with Crippen molar-refractivity contribution in [1.29, 1.82) is 0 Å². The lowest BCUT2D eigenvalue weighted by molar-refractivity contribution is 0.366.